The van der Waals surface area contributed by atoms with E-state index in [2.05, 4.69) is 16.8 Å². The van der Waals surface area contributed by atoms with Gasteiger partial charge in [-0.2, -0.15) is 0 Å². The van der Waals surface area contributed by atoms with Gasteiger partial charge in [0.2, 0.25) is 0 Å². The van der Waals surface area contributed by atoms with Crippen molar-refractivity contribution in [2.75, 3.05) is 18.0 Å². The lowest BCUT2D eigenvalue weighted by Gasteiger charge is -2.23. The van der Waals surface area contributed by atoms with Crippen molar-refractivity contribution >= 4 is 40.6 Å². The summed E-state index contributed by atoms with van der Waals surface area (Å²) in [7, 11) is 0. The molecule has 1 atom stereocenters. The van der Waals surface area contributed by atoms with E-state index in [0.29, 0.717) is 15.2 Å². The summed E-state index contributed by atoms with van der Waals surface area (Å²) >= 11 is 18.1. The second kappa shape index (κ2) is 6.31. The number of nitrogens with zero attached hydrogens (tertiary/aromatic N) is 2. The smallest absolute Gasteiger partial charge is 0.150 e. The Morgan fingerprint density at radius 2 is 2.00 bits per heavy atom. The van der Waals surface area contributed by atoms with Crippen molar-refractivity contribution in [1.82, 2.24) is 4.98 Å². The van der Waals surface area contributed by atoms with Crippen LogP contribution in [0.4, 0.5) is 5.82 Å². The lowest BCUT2D eigenvalue weighted by molar-refractivity contribution is 0.459. The Labute approximate surface area is 123 Å². The fraction of sp³-hybridized carbons (Fsp3) is 0.615. The molecule has 100 valence electrons. The minimum atomic E-state index is 0.326. The van der Waals surface area contributed by atoms with Crippen LogP contribution in [0.25, 0.3) is 0 Å². The van der Waals surface area contributed by atoms with Gasteiger partial charge in [-0.3, -0.25) is 0 Å². The molecule has 0 bridgehead atoms. The van der Waals surface area contributed by atoms with Crippen LogP contribution in [0.1, 0.15) is 32.6 Å². The molecule has 1 aliphatic heterocycles. The van der Waals surface area contributed by atoms with Crippen molar-refractivity contribution in [2.24, 2.45) is 5.92 Å². The minimum Gasteiger partial charge on any atom is -0.355 e. The second-order valence-electron chi connectivity index (χ2n) is 4.76. The molecular formula is C13H17Cl3N2. The van der Waals surface area contributed by atoms with E-state index in [9.17, 15) is 0 Å². The molecule has 18 heavy (non-hydrogen) atoms. The predicted molar refractivity (Wildman–Crippen MR) is 79.1 cm³/mol. The van der Waals surface area contributed by atoms with Crippen LogP contribution in [0.3, 0.4) is 0 Å². The minimum absolute atomic E-state index is 0.326. The van der Waals surface area contributed by atoms with Gasteiger partial charge in [-0.1, -0.05) is 48.1 Å². The summed E-state index contributed by atoms with van der Waals surface area (Å²) < 4.78 is 0. The van der Waals surface area contributed by atoms with Crippen LogP contribution in [-0.2, 0) is 0 Å². The summed E-state index contributed by atoms with van der Waals surface area (Å²) in [5.41, 5.74) is 0. The molecule has 0 radical (unpaired) electrons. The van der Waals surface area contributed by atoms with Crippen molar-refractivity contribution in [3.63, 3.8) is 0 Å². The number of aromatic nitrogens is 1. The number of halogens is 3. The van der Waals surface area contributed by atoms with Crippen LogP contribution in [0, 0.1) is 5.92 Å². The SMILES string of the molecule is CCC1CCCN(c2nc(Cl)c(Cl)cc2Cl)CC1. The Kier molecular flexibility index (Phi) is 4.99. The number of hydrogen-bond donors (Lipinski definition) is 0. The summed E-state index contributed by atoms with van der Waals surface area (Å²) in [4.78, 5) is 6.54. The molecule has 2 nitrogen and oxygen atoms in total. The van der Waals surface area contributed by atoms with E-state index in [-0.39, 0.29) is 0 Å². The first-order valence-electron chi connectivity index (χ1n) is 6.38. The van der Waals surface area contributed by atoms with Gasteiger partial charge in [0.15, 0.2) is 0 Å². The zero-order valence-corrected chi connectivity index (χ0v) is 12.7. The Morgan fingerprint density at radius 3 is 2.72 bits per heavy atom. The van der Waals surface area contributed by atoms with E-state index < -0.39 is 0 Å². The highest BCUT2D eigenvalue weighted by Gasteiger charge is 2.19. The van der Waals surface area contributed by atoms with Gasteiger partial charge in [-0.05, 0) is 31.2 Å². The van der Waals surface area contributed by atoms with Gasteiger partial charge in [0.05, 0.1) is 10.0 Å². The van der Waals surface area contributed by atoms with E-state index in [4.69, 9.17) is 34.8 Å². The molecule has 1 aromatic rings. The molecule has 2 rings (SSSR count). The predicted octanol–water partition coefficient (Wildman–Crippen LogP) is 5.06. The first kappa shape index (κ1) is 14.2. The summed E-state index contributed by atoms with van der Waals surface area (Å²) in [5.74, 6) is 1.58. The molecule has 0 aromatic carbocycles. The van der Waals surface area contributed by atoms with Gasteiger partial charge in [0.1, 0.15) is 11.0 Å². The Hall–Kier alpha value is -0.180. The zero-order chi connectivity index (χ0) is 13.1. The van der Waals surface area contributed by atoms with Gasteiger partial charge in [-0.15, -0.1) is 0 Å². The zero-order valence-electron chi connectivity index (χ0n) is 10.4. The van der Waals surface area contributed by atoms with E-state index in [1.54, 1.807) is 6.07 Å². The van der Waals surface area contributed by atoms with E-state index in [1.165, 1.54) is 25.7 Å². The number of hydrogen-bond acceptors (Lipinski definition) is 2. The first-order chi connectivity index (χ1) is 8.61. The lowest BCUT2D eigenvalue weighted by atomic mass is 9.98. The number of rotatable bonds is 2. The number of anilines is 1. The molecule has 1 fully saturated rings. The Bertz CT molecular complexity index is 423. The van der Waals surface area contributed by atoms with E-state index in [1.807, 2.05) is 0 Å². The third kappa shape index (κ3) is 3.23. The maximum Gasteiger partial charge on any atom is 0.150 e. The van der Waals surface area contributed by atoms with Gasteiger partial charge in [0.25, 0.3) is 0 Å². The summed E-state index contributed by atoms with van der Waals surface area (Å²) in [6.45, 7) is 4.23. The second-order valence-corrected chi connectivity index (χ2v) is 5.93. The summed E-state index contributed by atoms with van der Waals surface area (Å²) in [5, 5.41) is 1.32. The van der Waals surface area contributed by atoms with Gasteiger partial charge >= 0.3 is 0 Å². The molecule has 1 aromatic heterocycles. The summed E-state index contributed by atoms with van der Waals surface area (Å²) in [6, 6.07) is 1.68. The van der Waals surface area contributed by atoms with Crippen molar-refractivity contribution < 1.29 is 0 Å². The molecular weight excluding hydrogens is 291 g/mol. The van der Waals surface area contributed by atoms with Crippen LogP contribution in [0.15, 0.2) is 6.07 Å². The number of pyridine rings is 1. The van der Waals surface area contributed by atoms with Gasteiger partial charge in [-0.25, -0.2) is 4.98 Å². The molecule has 1 saturated heterocycles. The van der Waals surface area contributed by atoms with Crippen molar-refractivity contribution in [3.8, 4) is 0 Å². The highest BCUT2D eigenvalue weighted by atomic mass is 35.5. The molecule has 0 N–H and O–H groups in total. The Morgan fingerprint density at radius 1 is 1.22 bits per heavy atom. The van der Waals surface area contributed by atoms with Crippen LogP contribution in [-0.4, -0.2) is 18.1 Å². The molecule has 2 heterocycles. The fourth-order valence-electron chi connectivity index (χ4n) is 2.44. The van der Waals surface area contributed by atoms with Crippen molar-refractivity contribution in [3.05, 3.63) is 21.3 Å². The van der Waals surface area contributed by atoms with Crippen molar-refractivity contribution in [1.29, 1.82) is 0 Å². The third-order valence-corrected chi connectivity index (χ3v) is 4.54. The Balaban J connectivity index is 2.18. The largest absolute Gasteiger partial charge is 0.355 e. The van der Waals surface area contributed by atoms with Gasteiger partial charge in [0, 0.05) is 13.1 Å². The van der Waals surface area contributed by atoms with Crippen LogP contribution in [0.5, 0.6) is 0 Å². The maximum atomic E-state index is 6.21. The molecule has 1 unspecified atom stereocenters. The van der Waals surface area contributed by atoms with Gasteiger partial charge < -0.3 is 4.90 Å². The quantitative estimate of drug-likeness (QED) is 0.710. The highest BCUT2D eigenvalue weighted by Crippen LogP contribution is 2.33. The highest BCUT2D eigenvalue weighted by molar-refractivity contribution is 6.42. The first-order valence-corrected chi connectivity index (χ1v) is 7.51. The van der Waals surface area contributed by atoms with E-state index >= 15 is 0 Å². The average Bonchev–Trinajstić information content (AvgIpc) is 2.59. The monoisotopic (exact) mass is 306 g/mol. The lowest BCUT2D eigenvalue weighted by Crippen LogP contribution is -2.25. The molecule has 0 saturated carbocycles. The van der Waals surface area contributed by atoms with E-state index in [0.717, 1.165) is 24.8 Å². The standard InChI is InChI=1S/C13H17Cl3N2/c1-2-9-4-3-6-18(7-5-9)13-11(15)8-10(14)12(16)17-13/h8-9H,2-7H2,1H3. The van der Waals surface area contributed by atoms with Crippen LogP contribution in [0.2, 0.25) is 15.2 Å². The van der Waals surface area contributed by atoms with Crippen LogP contribution < -0.4 is 4.90 Å². The fourth-order valence-corrected chi connectivity index (χ4v) is 3.06. The molecule has 0 amide bonds. The third-order valence-electron chi connectivity index (χ3n) is 3.59. The van der Waals surface area contributed by atoms with Crippen molar-refractivity contribution in [2.45, 2.75) is 32.6 Å². The average molecular weight is 308 g/mol. The molecule has 5 heteroatoms. The maximum absolute atomic E-state index is 6.21. The summed E-state index contributed by atoms with van der Waals surface area (Å²) in [6.07, 6.45) is 4.90. The molecule has 1 aliphatic rings. The topological polar surface area (TPSA) is 16.1 Å². The normalized spacial score (nSPS) is 20.9. The van der Waals surface area contributed by atoms with Crippen LogP contribution >= 0.6 is 34.8 Å². The molecule has 0 spiro atoms. The molecule has 0 aliphatic carbocycles.